The van der Waals surface area contributed by atoms with Gasteiger partial charge in [-0.2, -0.15) is 0 Å². The van der Waals surface area contributed by atoms with E-state index in [9.17, 15) is 0 Å². The molecule has 2 heterocycles. The Morgan fingerprint density at radius 3 is 2.75 bits per heavy atom. The fourth-order valence-corrected chi connectivity index (χ4v) is 2.27. The molecule has 0 bridgehead atoms. The van der Waals surface area contributed by atoms with Crippen molar-refractivity contribution in [1.29, 1.82) is 0 Å². The molecule has 0 amide bonds. The molecule has 104 valence electrons. The molecule has 1 atom stereocenters. The summed E-state index contributed by atoms with van der Waals surface area (Å²) in [6.07, 6.45) is 3.40. The molecule has 1 aliphatic heterocycles. The summed E-state index contributed by atoms with van der Waals surface area (Å²) < 4.78 is 11.3. The normalized spacial score (nSPS) is 15.4. The predicted octanol–water partition coefficient (Wildman–Crippen LogP) is 2.49. The number of rotatable bonds is 3. The van der Waals surface area contributed by atoms with Gasteiger partial charge in [0.1, 0.15) is 0 Å². The van der Waals surface area contributed by atoms with Crippen LogP contribution >= 0.6 is 0 Å². The third-order valence-corrected chi connectivity index (χ3v) is 3.35. The van der Waals surface area contributed by atoms with Crippen LogP contribution in [0.3, 0.4) is 0 Å². The number of ether oxygens (including phenoxy) is 2. The lowest BCUT2D eigenvalue weighted by Gasteiger charge is -2.14. The van der Waals surface area contributed by atoms with Crippen LogP contribution in [0.25, 0.3) is 0 Å². The number of hydrogen-bond donors (Lipinski definition) is 1. The van der Waals surface area contributed by atoms with E-state index < -0.39 is 0 Å². The van der Waals surface area contributed by atoms with Crippen LogP contribution in [0.5, 0.6) is 11.5 Å². The van der Waals surface area contributed by atoms with Crippen LogP contribution in [0.1, 0.15) is 23.7 Å². The van der Waals surface area contributed by atoms with Gasteiger partial charge in [0.15, 0.2) is 11.5 Å². The van der Waals surface area contributed by atoms with Crippen molar-refractivity contribution in [2.24, 2.45) is 5.73 Å². The van der Waals surface area contributed by atoms with Gasteiger partial charge in [0.25, 0.3) is 0 Å². The van der Waals surface area contributed by atoms with E-state index in [4.69, 9.17) is 15.2 Å². The smallest absolute Gasteiger partial charge is 0.161 e. The van der Waals surface area contributed by atoms with Gasteiger partial charge in [-0.1, -0.05) is 12.1 Å². The van der Waals surface area contributed by atoms with E-state index in [2.05, 4.69) is 4.98 Å². The molecule has 2 N–H and O–H groups in total. The van der Waals surface area contributed by atoms with Gasteiger partial charge in [-0.3, -0.25) is 4.98 Å². The molecule has 0 fully saturated rings. The zero-order valence-corrected chi connectivity index (χ0v) is 11.3. The first-order valence-electron chi connectivity index (χ1n) is 6.88. The molecule has 0 aliphatic carbocycles. The second-order valence-electron chi connectivity index (χ2n) is 4.89. The van der Waals surface area contributed by atoms with Gasteiger partial charge in [0.2, 0.25) is 0 Å². The van der Waals surface area contributed by atoms with Crippen LogP contribution in [0.2, 0.25) is 0 Å². The Bertz CT molecular complexity index is 572. The SMILES string of the molecule is NC(Cc1ccccn1)c1ccc2c(c1)OCCCO2. The largest absolute Gasteiger partial charge is 0.490 e. The fraction of sp³-hybridized carbons (Fsp3) is 0.312. The Kier molecular flexibility index (Phi) is 3.83. The lowest BCUT2D eigenvalue weighted by molar-refractivity contribution is 0.297. The zero-order chi connectivity index (χ0) is 13.8. The van der Waals surface area contributed by atoms with E-state index in [1.807, 2.05) is 36.4 Å². The van der Waals surface area contributed by atoms with Crippen molar-refractivity contribution in [3.8, 4) is 11.5 Å². The fourth-order valence-electron chi connectivity index (χ4n) is 2.27. The number of nitrogens with zero attached hydrogens (tertiary/aromatic N) is 1. The van der Waals surface area contributed by atoms with Crippen LogP contribution in [0, 0.1) is 0 Å². The van der Waals surface area contributed by atoms with Crippen molar-refractivity contribution in [2.75, 3.05) is 13.2 Å². The number of fused-ring (bicyclic) bond motifs is 1. The Morgan fingerprint density at radius 2 is 1.95 bits per heavy atom. The molecule has 0 saturated heterocycles. The van der Waals surface area contributed by atoms with E-state index in [0.717, 1.165) is 29.2 Å². The maximum atomic E-state index is 6.26. The van der Waals surface area contributed by atoms with Gasteiger partial charge in [0.05, 0.1) is 13.2 Å². The van der Waals surface area contributed by atoms with Crippen LogP contribution in [-0.4, -0.2) is 18.2 Å². The molecular formula is C16H18N2O2. The second-order valence-corrected chi connectivity index (χ2v) is 4.89. The Hall–Kier alpha value is -2.07. The number of benzene rings is 1. The first-order chi connectivity index (χ1) is 9.83. The number of hydrogen-bond acceptors (Lipinski definition) is 4. The maximum Gasteiger partial charge on any atom is 0.161 e. The summed E-state index contributed by atoms with van der Waals surface area (Å²) >= 11 is 0. The minimum Gasteiger partial charge on any atom is -0.490 e. The minimum absolute atomic E-state index is 0.0953. The van der Waals surface area contributed by atoms with Crippen LogP contribution in [0.4, 0.5) is 0 Å². The molecule has 4 nitrogen and oxygen atoms in total. The molecule has 1 unspecified atom stereocenters. The third kappa shape index (κ3) is 2.91. The van der Waals surface area contributed by atoms with Crippen molar-refractivity contribution in [3.05, 3.63) is 53.9 Å². The minimum atomic E-state index is -0.0953. The van der Waals surface area contributed by atoms with Crippen molar-refractivity contribution in [2.45, 2.75) is 18.9 Å². The van der Waals surface area contributed by atoms with Crippen molar-refractivity contribution in [1.82, 2.24) is 4.98 Å². The van der Waals surface area contributed by atoms with Gasteiger partial charge in [-0.25, -0.2) is 0 Å². The van der Waals surface area contributed by atoms with Gasteiger partial charge in [0, 0.05) is 30.8 Å². The average Bonchev–Trinajstić information content (AvgIpc) is 2.72. The highest BCUT2D eigenvalue weighted by molar-refractivity contribution is 5.44. The summed E-state index contributed by atoms with van der Waals surface area (Å²) in [7, 11) is 0. The number of pyridine rings is 1. The topological polar surface area (TPSA) is 57.4 Å². The Balaban J connectivity index is 1.78. The molecular weight excluding hydrogens is 252 g/mol. The van der Waals surface area contributed by atoms with Gasteiger partial charge >= 0.3 is 0 Å². The van der Waals surface area contributed by atoms with E-state index in [-0.39, 0.29) is 6.04 Å². The lowest BCUT2D eigenvalue weighted by Crippen LogP contribution is -2.14. The molecule has 1 aromatic heterocycles. The van der Waals surface area contributed by atoms with Crippen molar-refractivity contribution in [3.63, 3.8) is 0 Å². The lowest BCUT2D eigenvalue weighted by atomic mass is 10.0. The first-order valence-corrected chi connectivity index (χ1v) is 6.88. The van der Waals surface area contributed by atoms with E-state index >= 15 is 0 Å². The summed E-state index contributed by atoms with van der Waals surface area (Å²) in [4.78, 5) is 4.31. The van der Waals surface area contributed by atoms with Gasteiger partial charge in [-0.15, -0.1) is 0 Å². The third-order valence-electron chi connectivity index (χ3n) is 3.35. The molecule has 4 heteroatoms. The first kappa shape index (κ1) is 12.9. The number of aromatic nitrogens is 1. The van der Waals surface area contributed by atoms with Crippen LogP contribution < -0.4 is 15.2 Å². The summed E-state index contributed by atoms with van der Waals surface area (Å²) in [6, 6.07) is 11.7. The van der Waals surface area contributed by atoms with Crippen LogP contribution in [0.15, 0.2) is 42.6 Å². The summed E-state index contributed by atoms with van der Waals surface area (Å²) in [5.41, 5.74) is 8.30. The highest BCUT2D eigenvalue weighted by Crippen LogP contribution is 2.32. The zero-order valence-electron chi connectivity index (χ0n) is 11.3. The standard InChI is InChI=1S/C16H18N2O2/c17-14(11-13-4-1-2-7-18-13)12-5-6-15-16(10-12)20-9-3-8-19-15/h1-2,4-7,10,14H,3,8-9,11,17H2. The predicted molar refractivity (Wildman–Crippen MR) is 76.9 cm³/mol. The van der Waals surface area contributed by atoms with E-state index in [0.29, 0.717) is 19.6 Å². The van der Waals surface area contributed by atoms with Crippen molar-refractivity contribution >= 4 is 0 Å². The molecule has 1 aliphatic rings. The van der Waals surface area contributed by atoms with Crippen molar-refractivity contribution < 1.29 is 9.47 Å². The molecule has 20 heavy (non-hydrogen) atoms. The molecule has 0 radical (unpaired) electrons. The van der Waals surface area contributed by atoms with E-state index in [1.54, 1.807) is 6.20 Å². The van der Waals surface area contributed by atoms with E-state index in [1.165, 1.54) is 0 Å². The molecule has 0 spiro atoms. The van der Waals surface area contributed by atoms with Crippen LogP contribution in [-0.2, 0) is 6.42 Å². The molecule has 1 aromatic carbocycles. The maximum absolute atomic E-state index is 6.26. The summed E-state index contributed by atoms with van der Waals surface area (Å²) in [6.45, 7) is 1.39. The Labute approximate surface area is 118 Å². The second kappa shape index (κ2) is 5.92. The summed E-state index contributed by atoms with van der Waals surface area (Å²) in [5.74, 6) is 1.59. The Morgan fingerprint density at radius 1 is 1.10 bits per heavy atom. The van der Waals surface area contributed by atoms with Gasteiger partial charge < -0.3 is 15.2 Å². The molecule has 0 saturated carbocycles. The average molecular weight is 270 g/mol. The highest BCUT2D eigenvalue weighted by Gasteiger charge is 2.14. The number of nitrogens with two attached hydrogens (primary N) is 1. The monoisotopic (exact) mass is 270 g/mol. The quantitative estimate of drug-likeness (QED) is 0.931. The van der Waals surface area contributed by atoms with Gasteiger partial charge in [-0.05, 0) is 29.8 Å². The summed E-state index contributed by atoms with van der Waals surface area (Å²) in [5, 5.41) is 0. The molecule has 3 rings (SSSR count). The highest BCUT2D eigenvalue weighted by atomic mass is 16.5. The molecule has 2 aromatic rings.